The number of aromatic nitrogens is 4. The van der Waals surface area contributed by atoms with Crippen LogP contribution in [-0.2, 0) is 0 Å². The summed E-state index contributed by atoms with van der Waals surface area (Å²) in [6, 6.07) is 7.96. The lowest BCUT2D eigenvalue weighted by atomic mass is 10.2. The summed E-state index contributed by atoms with van der Waals surface area (Å²) >= 11 is 0. The number of hydrogen-bond donors (Lipinski definition) is 0. The predicted molar refractivity (Wildman–Crippen MR) is 61.4 cm³/mol. The molecule has 0 radical (unpaired) electrons. The summed E-state index contributed by atoms with van der Waals surface area (Å²) in [5.41, 5.74) is 0.945. The van der Waals surface area contributed by atoms with Crippen molar-refractivity contribution in [3.05, 3.63) is 48.8 Å². The highest BCUT2D eigenvalue weighted by Crippen LogP contribution is 2.18. The Labute approximate surface area is 92.6 Å². The van der Waals surface area contributed by atoms with Gasteiger partial charge >= 0.3 is 0 Å². The SMILES string of the molecule is Cc1nccn1-c1ncnc2ccccc12. The number of hydrogen-bond acceptors (Lipinski definition) is 3. The van der Waals surface area contributed by atoms with Gasteiger partial charge in [0.25, 0.3) is 0 Å². The fraction of sp³-hybridized carbons (Fsp3) is 0.0833. The van der Waals surface area contributed by atoms with Crippen LogP contribution in [0.1, 0.15) is 5.82 Å². The lowest BCUT2D eigenvalue weighted by molar-refractivity contribution is 0.935. The number of para-hydroxylation sites is 1. The van der Waals surface area contributed by atoms with E-state index in [2.05, 4.69) is 15.0 Å². The van der Waals surface area contributed by atoms with Gasteiger partial charge in [0.05, 0.1) is 5.52 Å². The van der Waals surface area contributed by atoms with Gasteiger partial charge in [-0.05, 0) is 19.1 Å². The van der Waals surface area contributed by atoms with Gasteiger partial charge in [0.2, 0.25) is 0 Å². The van der Waals surface area contributed by atoms with Gasteiger partial charge in [-0.15, -0.1) is 0 Å². The molecule has 2 aromatic heterocycles. The van der Waals surface area contributed by atoms with E-state index in [0.717, 1.165) is 22.5 Å². The Balaban J connectivity index is 2.36. The minimum atomic E-state index is 0.876. The Morgan fingerprint density at radius 2 is 1.94 bits per heavy atom. The molecule has 0 saturated carbocycles. The van der Waals surface area contributed by atoms with Crippen LogP contribution in [0.15, 0.2) is 43.0 Å². The normalized spacial score (nSPS) is 10.8. The fourth-order valence-corrected chi connectivity index (χ4v) is 1.78. The Hall–Kier alpha value is -2.23. The van der Waals surface area contributed by atoms with Crippen LogP contribution in [-0.4, -0.2) is 19.5 Å². The fourth-order valence-electron chi connectivity index (χ4n) is 1.78. The van der Waals surface area contributed by atoms with Crippen molar-refractivity contribution in [2.75, 3.05) is 0 Å². The predicted octanol–water partition coefficient (Wildman–Crippen LogP) is 2.12. The van der Waals surface area contributed by atoms with Crippen LogP contribution in [0.4, 0.5) is 0 Å². The number of fused-ring (bicyclic) bond motifs is 1. The van der Waals surface area contributed by atoms with Gasteiger partial charge in [0, 0.05) is 17.8 Å². The zero-order valence-corrected chi connectivity index (χ0v) is 8.83. The molecule has 0 N–H and O–H groups in total. The number of imidazole rings is 1. The van der Waals surface area contributed by atoms with Gasteiger partial charge in [-0.2, -0.15) is 0 Å². The minimum absolute atomic E-state index is 0.876. The van der Waals surface area contributed by atoms with E-state index in [1.54, 1.807) is 12.5 Å². The number of aryl methyl sites for hydroxylation is 1. The van der Waals surface area contributed by atoms with Gasteiger partial charge in [0.15, 0.2) is 0 Å². The molecule has 0 spiro atoms. The number of rotatable bonds is 1. The van der Waals surface area contributed by atoms with Crippen molar-refractivity contribution < 1.29 is 0 Å². The molecule has 4 heteroatoms. The second kappa shape index (κ2) is 3.41. The summed E-state index contributed by atoms with van der Waals surface area (Å²) in [6.45, 7) is 1.96. The average Bonchev–Trinajstić information content (AvgIpc) is 2.75. The van der Waals surface area contributed by atoms with Crippen LogP contribution in [0.5, 0.6) is 0 Å². The molecule has 0 fully saturated rings. The third-order valence-corrected chi connectivity index (χ3v) is 2.58. The van der Waals surface area contributed by atoms with E-state index in [1.807, 2.05) is 42.0 Å². The lowest BCUT2D eigenvalue weighted by Crippen LogP contribution is -2.00. The molecule has 0 aliphatic rings. The number of nitrogens with zero attached hydrogens (tertiary/aromatic N) is 4. The average molecular weight is 210 g/mol. The first-order valence-corrected chi connectivity index (χ1v) is 5.06. The van der Waals surface area contributed by atoms with Crippen LogP contribution in [0.25, 0.3) is 16.7 Å². The maximum Gasteiger partial charge on any atom is 0.149 e. The molecular formula is C12H10N4. The molecule has 0 unspecified atom stereocenters. The van der Waals surface area contributed by atoms with Crippen molar-refractivity contribution in [3.63, 3.8) is 0 Å². The summed E-state index contributed by atoms with van der Waals surface area (Å²) in [6.07, 6.45) is 5.26. The van der Waals surface area contributed by atoms with E-state index in [0.29, 0.717) is 0 Å². The highest BCUT2D eigenvalue weighted by atomic mass is 15.1. The summed E-state index contributed by atoms with van der Waals surface area (Å²) in [5.74, 6) is 1.80. The molecule has 0 saturated heterocycles. The van der Waals surface area contributed by atoms with Crippen molar-refractivity contribution in [3.8, 4) is 5.82 Å². The van der Waals surface area contributed by atoms with Crippen LogP contribution >= 0.6 is 0 Å². The van der Waals surface area contributed by atoms with E-state index in [1.165, 1.54) is 0 Å². The van der Waals surface area contributed by atoms with Crippen molar-refractivity contribution >= 4 is 10.9 Å². The van der Waals surface area contributed by atoms with E-state index in [-0.39, 0.29) is 0 Å². The maximum atomic E-state index is 4.32. The van der Waals surface area contributed by atoms with Crippen LogP contribution in [0.2, 0.25) is 0 Å². The standard InChI is InChI=1S/C12H10N4/c1-9-13-6-7-16(9)12-10-4-2-3-5-11(10)14-8-15-12/h2-8H,1H3. The summed E-state index contributed by atoms with van der Waals surface area (Å²) in [7, 11) is 0. The third kappa shape index (κ3) is 1.27. The molecule has 3 rings (SSSR count). The summed E-state index contributed by atoms with van der Waals surface area (Å²) in [5, 5.41) is 1.03. The molecule has 78 valence electrons. The summed E-state index contributed by atoms with van der Waals surface area (Å²) in [4.78, 5) is 12.8. The van der Waals surface area contributed by atoms with Crippen molar-refractivity contribution in [1.82, 2.24) is 19.5 Å². The van der Waals surface area contributed by atoms with Gasteiger partial charge in [-0.3, -0.25) is 4.57 Å². The van der Waals surface area contributed by atoms with E-state index >= 15 is 0 Å². The third-order valence-electron chi connectivity index (χ3n) is 2.58. The first kappa shape index (κ1) is 9.03. The zero-order chi connectivity index (χ0) is 11.0. The molecule has 0 atom stereocenters. The smallest absolute Gasteiger partial charge is 0.149 e. The lowest BCUT2D eigenvalue weighted by Gasteiger charge is -2.06. The first-order chi connectivity index (χ1) is 7.86. The second-order valence-corrected chi connectivity index (χ2v) is 3.56. The van der Waals surface area contributed by atoms with Crippen LogP contribution in [0, 0.1) is 6.92 Å². The zero-order valence-electron chi connectivity index (χ0n) is 8.83. The monoisotopic (exact) mass is 210 g/mol. The van der Waals surface area contributed by atoms with Gasteiger partial charge in [-0.25, -0.2) is 15.0 Å². The highest BCUT2D eigenvalue weighted by molar-refractivity contribution is 5.84. The van der Waals surface area contributed by atoms with Crippen molar-refractivity contribution in [2.45, 2.75) is 6.92 Å². The molecule has 0 aliphatic carbocycles. The quantitative estimate of drug-likeness (QED) is 0.618. The van der Waals surface area contributed by atoms with Gasteiger partial charge in [-0.1, -0.05) is 12.1 Å². The summed E-state index contributed by atoms with van der Waals surface area (Å²) < 4.78 is 1.96. The Morgan fingerprint density at radius 1 is 1.06 bits per heavy atom. The minimum Gasteiger partial charge on any atom is -0.288 e. The van der Waals surface area contributed by atoms with E-state index in [4.69, 9.17) is 0 Å². The Morgan fingerprint density at radius 3 is 2.75 bits per heavy atom. The molecule has 0 amide bonds. The molecule has 4 nitrogen and oxygen atoms in total. The second-order valence-electron chi connectivity index (χ2n) is 3.56. The topological polar surface area (TPSA) is 43.6 Å². The largest absolute Gasteiger partial charge is 0.288 e. The Kier molecular flexibility index (Phi) is 1.93. The first-order valence-electron chi connectivity index (χ1n) is 5.06. The van der Waals surface area contributed by atoms with E-state index in [9.17, 15) is 0 Å². The molecule has 3 aromatic rings. The molecular weight excluding hydrogens is 200 g/mol. The van der Waals surface area contributed by atoms with Crippen molar-refractivity contribution in [2.24, 2.45) is 0 Å². The highest BCUT2D eigenvalue weighted by Gasteiger charge is 2.06. The van der Waals surface area contributed by atoms with Gasteiger partial charge in [0.1, 0.15) is 18.0 Å². The molecule has 16 heavy (non-hydrogen) atoms. The van der Waals surface area contributed by atoms with E-state index < -0.39 is 0 Å². The molecule has 2 heterocycles. The van der Waals surface area contributed by atoms with Gasteiger partial charge < -0.3 is 0 Å². The number of benzene rings is 1. The van der Waals surface area contributed by atoms with Crippen LogP contribution < -0.4 is 0 Å². The molecule has 0 bridgehead atoms. The van der Waals surface area contributed by atoms with Crippen molar-refractivity contribution in [1.29, 1.82) is 0 Å². The molecule has 0 aliphatic heterocycles. The molecule has 1 aromatic carbocycles. The van der Waals surface area contributed by atoms with Crippen LogP contribution in [0.3, 0.4) is 0 Å². The Bertz CT molecular complexity index is 637. The maximum absolute atomic E-state index is 4.32.